The molecule has 2 fully saturated rings. The molecule has 38 heavy (non-hydrogen) atoms. The Bertz CT molecular complexity index is 1220. The first-order chi connectivity index (χ1) is 17.8. The van der Waals surface area contributed by atoms with Gasteiger partial charge in [-0.1, -0.05) is 19.6 Å². The number of amides is 4. The molecule has 4 rings (SSSR count). The maximum Gasteiger partial charge on any atom is 0.416 e. The van der Waals surface area contributed by atoms with Gasteiger partial charge in [0, 0.05) is 46.1 Å². The van der Waals surface area contributed by atoms with Crippen LogP contribution in [0.3, 0.4) is 0 Å². The summed E-state index contributed by atoms with van der Waals surface area (Å²) in [5.74, 6) is -0.220. The zero-order valence-electron chi connectivity index (χ0n) is 21.6. The van der Waals surface area contributed by atoms with Crippen LogP contribution in [0.2, 0.25) is 25.7 Å². The molecule has 3 heterocycles. The topological polar surface area (TPSA) is 108 Å². The van der Waals surface area contributed by atoms with Crippen molar-refractivity contribution in [2.24, 2.45) is 0 Å². The lowest BCUT2D eigenvalue weighted by Gasteiger charge is -2.33. The summed E-state index contributed by atoms with van der Waals surface area (Å²) < 4.78 is 47.7. The van der Waals surface area contributed by atoms with E-state index in [0.29, 0.717) is 24.8 Å². The second kappa shape index (κ2) is 10.6. The Hall–Kier alpha value is -3.13. The molecule has 2 aliphatic rings. The number of rotatable bonds is 7. The fraction of sp³-hybridized carbons (Fsp3) is 0.583. The van der Waals surface area contributed by atoms with E-state index in [1.165, 1.54) is 20.5 Å². The molecular formula is C24H32F3N5O5Si. The van der Waals surface area contributed by atoms with Gasteiger partial charge in [0.25, 0.3) is 0 Å². The van der Waals surface area contributed by atoms with Crippen molar-refractivity contribution in [2.75, 3.05) is 37.9 Å². The molecule has 208 valence electrons. The SMILES string of the molecule is C[Si](C)(C)CCOCN1C(=O)CCN(c2nn(C3CCN(C(=O)O)CC3)c3cc(C(F)(F)F)ccc23)C1=O. The Morgan fingerprint density at radius 1 is 1.16 bits per heavy atom. The molecule has 0 saturated carbocycles. The van der Waals surface area contributed by atoms with Gasteiger partial charge >= 0.3 is 18.3 Å². The summed E-state index contributed by atoms with van der Waals surface area (Å²) in [5, 5.41) is 14.2. The van der Waals surface area contributed by atoms with Crippen LogP contribution in [-0.4, -0.2) is 83.8 Å². The zero-order valence-corrected chi connectivity index (χ0v) is 22.6. The molecule has 0 radical (unpaired) electrons. The predicted molar refractivity (Wildman–Crippen MR) is 136 cm³/mol. The van der Waals surface area contributed by atoms with Crippen molar-refractivity contribution >= 4 is 42.8 Å². The lowest BCUT2D eigenvalue weighted by Crippen LogP contribution is -2.53. The summed E-state index contributed by atoms with van der Waals surface area (Å²) in [6.45, 7) is 7.24. The van der Waals surface area contributed by atoms with Crippen molar-refractivity contribution in [3.05, 3.63) is 23.8 Å². The normalized spacial score (nSPS) is 18.1. The number of hydrogen-bond donors (Lipinski definition) is 1. The number of halogens is 3. The highest BCUT2D eigenvalue weighted by atomic mass is 28.3. The van der Waals surface area contributed by atoms with Gasteiger partial charge in [0.05, 0.1) is 17.1 Å². The molecule has 1 aromatic carbocycles. The van der Waals surface area contributed by atoms with Crippen LogP contribution in [0.15, 0.2) is 18.2 Å². The Morgan fingerprint density at radius 3 is 2.45 bits per heavy atom. The number of likely N-dealkylation sites (tertiary alicyclic amines) is 1. The highest BCUT2D eigenvalue weighted by Crippen LogP contribution is 2.37. The van der Waals surface area contributed by atoms with Gasteiger partial charge in [0.2, 0.25) is 5.91 Å². The van der Waals surface area contributed by atoms with Crippen LogP contribution in [0, 0.1) is 0 Å². The molecule has 0 aliphatic carbocycles. The third-order valence-electron chi connectivity index (χ3n) is 6.88. The van der Waals surface area contributed by atoms with E-state index in [4.69, 9.17) is 4.74 Å². The van der Waals surface area contributed by atoms with E-state index >= 15 is 0 Å². The molecule has 0 atom stereocenters. The maximum atomic E-state index is 13.5. The number of alkyl halides is 3. The first kappa shape index (κ1) is 27.9. The van der Waals surface area contributed by atoms with Crippen molar-refractivity contribution in [1.82, 2.24) is 19.6 Å². The number of hydrogen-bond acceptors (Lipinski definition) is 5. The van der Waals surface area contributed by atoms with E-state index in [0.717, 1.165) is 23.1 Å². The summed E-state index contributed by atoms with van der Waals surface area (Å²) in [5.41, 5.74) is -0.649. The average Bonchev–Trinajstić information content (AvgIpc) is 3.21. The van der Waals surface area contributed by atoms with E-state index in [1.54, 1.807) is 0 Å². The van der Waals surface area contributed by atoms with E-state index in [-0.39, 0.29) is 56.1 Å². The number of fused-ring (bicyclic) bond motifs is 1. The van der Waals surface area contributed by atoms with Crippen molar-refractivity contribution in [3.8, 4) is 0 Å². The summed E-state index contributed by atoms with van der Waals surface area (Å²) in [6, 6.07) is 3.12. The summed E-state index contributed by atoms with van der Waals surface area (Å²) in [4.78, 5) is 40.8. The largest absolute Gasteiger partial charge is 0.465 e. The maximum absolute atomic E-state index is 13.5. The number of aromatic nitrogens is 2. The molecule has 2 aromatic rings. The van der Waals surface area contributed by atoms with Crippen molar-refractivity contribution in [1.29, 1.82) is 0 Å². The van der Waals surface area contributed by atoms with Gasteiger partial charge in [0.1, 0.15) is 6.73 Å². The molecular weight excluding hydrogens is 523 g/mol. The van der Waals surface area contributed by atoms with Crippen LogP contribution in [0.5, 0.6) is 0 Å². The van der Waals surface area contributed by atoms with E-state index < -0.39 is 31.9 Å². The van der Waals surface area contributed by atoms with Crippen LogP contribution in [0.25, 0.3) is 10.9 Å². The Labute approximate surface area is 218 Å². The van der Waals surface area contributed by atoms with Crippen LogP contribution in [0.1, 0.15) is 30.9 Å². The molecule has 4 amide bonds. The first-order valence-electron chi connectivity index (χ1n) is 12.5. The second-order valence-corrected chi connectivity index (χ2v) is 16.5. The fourth-order valence-electron chi connectivity index (χ4n) is 4.62. The molecule has 2 aliphatic heterocycles. The summed E-state index contributed by atoms with van der Waals surface area (Å²) in [6.07, 6.45) is -4.88. The van der Waals surface area contributed by atoms with Crippen molar-refractivity contribution in [3.63, 3.8) is 0 Å². The van der Waals surface area contributed by atoms with Gasteiger partial charge in [-0.25, -0.2) is 14.5 Å². The number of nitrogens with zero attached hydrogens (tertiary/aromatic N) is 5. The standard InChI is InChI=1S/C24H32F3N5O5Si/c1-38(2,3)13-12-37-15-31-20(33)8-11-30(22(31)34)21-18-5-4-16(24(25,26)27)14-19(18)32(28-21)17-6-9-29(10-7-17)23(35)36/h4-5,14,17H,6-13,15H2,1-3H3,(H,35,36). The van der Waals surface area contributed by atoms with Gasteiger partial charge in [-0.05, 0) is 37.1 Å². The van der Waals surface area contributed by atoms with Crippen LogP contribution < -0.4 is 4.90 Å². The van der Waals surface area contributed by atoms with Gasteiger partial charge in [-0.2, -0.15) is 18.3 Å². The van der Waals surface area contributed by atoms with Gasteiger partial charge in [-0.3, -0.25) is 14.4 Å². The van der Waals surface area contributed by atoms with Gasteiger partial charge in [-0.15, -0.1) is 0 Å². The number of imide groups is 1. The van der Waals surface area contributed by atoms with E-state index in [2.05, 4.69) is 24.7 Å². The quantitative estimate of drug-likeness (QED) is 0.387. The summed E-state index contributed by atoms with van der Waals surface area (Å²) in [7, 11) is -1.37. The molecule has 0 unspecified atom stereocenters. The smallest absolute Gasteiger partial charge is 0.416 e. The number of ether oxygens (including phenoxy) is 1. The highest BCUT2D eigenvalue weighted by molar-refractivity contribution is 6.76. The third kappa shape index (κ3) is 5.95. The molecule has 14 heteroatoms. The van der Waals surface area contributed by atoms with Crippen LogP contribution in [0.4, 0.5) is 28.6 Å². The second-order valence-electron chi connectivity index (χ2n) is 10.9. The number of carbonyl (C=O) groups excluding carboxylic acids is 2. The molecule has 0 spiro atoms. The number of carboxylic acid groups (broad SMARTS) is 1. The Balaban J connectivity index is 1.64. The first-order valence-corrected chi connectivity index (χ1v) is 16.2. The minimum atomic E-state index is -4.58. The fourth-order valence-corrected chi connectivity index (χ4v) is 5.38. The minimum Gasteiger partial charge on any atom is -0.465 e. The van der Waals surface area contributed by atoms with Gasteiger partial charge in [0.15, 0.2) is 5.82 Å². The highest BCUT2D eigenvalue weighted by Gasteiger charge is 2.37. The molecule has 1 N–H and O–H groups in total. The Morgan fingerprint density at radius 2 is 1.84 bits per heavy atom. The van der Waals surface area contributed by atoms with Crippen LogP contribution >= 0.6 is 0 Å². The lowest BCUT2D eigenvalue weighted by molar-refractivity contribution is -0.137. The van der Waals surface area contributed by atoms with Crippen LogP contribution in [-0.2, 0) is 15.7 Å². The zero-order chi connectivity index (χ0) is 27.8. The third-order valence-corrected chi connectivity index (χ3v) is 8.58. The molecule has 2 saturated heterocycles. The Kier molecular flexibility index (Phi) is 7.75. The average molecular weight is 556 g/mol. The molecule has 1 aromatic heterocycles. The van der Waals surface area contributed by atoms with Gasteiger partial charge < -0.3 is 14.7 Å². The number of urea groups is 1. The monoisotopic (exact) mass is 555 g/mol. The molecule has 10 nitrogen and oxygen atoms in total. The van der Waals surface area contributed by atoms with E-state index in [9.17, 15) is 32.7 Å². The van der Waals surface area contributed by atoms with Crippen molar-refractivity contribution < 1.29 is 37.4 Å². The number of carbonyl (C=O) groups is 3. The minimum absolute atomic E-state index is 0.0229. The van der Waals surface area contributed by atoms with Crippen molar-refractivity contribution in [2.45, 2.75) is 57.2 Å². The summed E-state index contributed by atoms with van der Waals surface area (Å²) >= 11 is 0. The number of piperidine rings is 1. The molecule has 0 bridgehead atoms. The number of anilines is 1. The number of benzene rings is 1. The lowest BCUT2D eigenvalue weighted by atomic mass is 10.0. The van der Waals surface area contributed by atoms with E-state index in [1.807, 2.05) is 0 Å². The predicted octanol–water partition coefficient (Wildman–Crippen LogP) is 4.84.